The maximum Gasteiger partial charge on any atom is 0.407 e. The third-order valence-electron chi connectivity index (χ3n) is 2.13. The molecule has 3 heteroatoms. The van der Waals surface area contributed by atoms with Crippen LogP contribution in [0.1, 0.15) is 47.5 Å². The van der Waals surface area contributed by atoms with Crippen molar-refractivity contribution in [3.8, 4) is 0 Å². The van der Waals surface area contributed by atoms with Crippen LogP contribution in [-0.2, 0) is 4.74 Å². The first-order chi connectivity index (χ1) is 7.91. The zero-order valence-electron chi connectivity index (χ0n) is 11.7. The van der Waals surface area contributed by atoms with Gasteiger partial charge in [0.25, 0.3) is 0 Å². The molecule has 0 aromatic heterocycles. The molecule has 0 bridgehead atoms. The smallest absolute Gasteiger partial charge is 0.407 e. The second kappa shape index (κ2) is 8.85. The van der Waals surface area contributed by atoms with Gasteiger partial charge in [0.2, 0.25) is 0 Å². The molecule has 3 nitrogen and oxygen atoms in total. The predicted molar refractivity (Wildman–Crippen MR) is 72.0 cm³/mol. The van der Waals surface area contributed by atoms with Gasteiger partial charge in [0, 0.05) is 6.54 Å². The number of carbonyl (C=O) groups excluding carboxylic acids is 1. The lowest BCUT2D eigenvalue weighted by molar-refractivity contribution is 0.116. The Balaban J connectivity index is 3.76. The van der Waals surface area contributed by atoms with Gasteiger partial charge >= 0.3 is 6.09 Å². The van der Waals surface area contributed by atoms with E-state index in [4.69, 9.17) is 4.74 Å². The minimum absolute atomic E-state index is 0.0715. The Morgan fingerprint density at radius 3 is 2.41 bits per heavy atom. The Morgan fingerprint density at radius 2 is 1.88 bits per heavy atom. The summed E-state index contributed by atoms with van der Waals surface area (Å²) in [4.78, 5) is 11.2. The number of allylic oxidation sites excluding steroid dienone is 3. The lowest BCUT2D eigenvalue weighted by atomic mass is 10.1. The number of hydrogen-bond donors (Lipinski definition) is 1. The molecule has 0 unspecified atom stereocenters. The van der Waals surface area contributed by atoms with Gasteiger partial charge in [0.05, 0.1) is 6.10 Å². The van der Waals surface area contributed by atoms with Crippen molar-refractivity contribution in [1.29, 1.82) is 0 Å². The van der Waals surface area contributed by atoms with Crippen LogP contribution >= 0.6 is 0 Å². The summed E-state index contributed by atoms with van der Waals surface area (Å²) >= 11 is 0. The van der Waals surface area contributed by atoms with Crippen LogP contribution in [0.4, 0.5) is 4.79 Å². The first-order valence-corrected chi connectivity index (χ1v) is 6.15. The molecule has 0 aliphatic carbocycles. The van der Waals surface area contributed by atoms with Crippen LogP contribution in [0, 0.1) is 0 Å². The van der Waals surface area contributed by atoms with Crippen LogP contribution in [-0.4, -0.2) is 18.7 Å². The SMILES string of the molecule is CC(C)=CCCC(C)=CCNC(=O)OC(C)C. The average Bonchev–Trinajstić information content (AvgIpc) is 2.15. The fourth-order valence-electron chi connectivity index (χ4n) is 1.25. The molecule has 0 saturated carbocycles. The zero-order chi connectivity index (χ0) is 13.3. The molecule has 0 atom stereocenters. The van der Waals surface area contributed by atoms with E-state index in [9.17, 15) is 4.79 Å². The molecule has 0 fully saturated rings. The Labute approximate surface area is 105 Å². The van der Waals surface area contributed by atoms with Crippen molar-refractivity contribution in [2.45, 2.75) is 53.6 Å². The van der Waals surface area contributed by atoms with Gasteiger partial charge < -0.3 is 10.1 Å². The van der Waals surface area contributed by atoms with Gasteiger partial charge in [0.15, 0.2) is 0 Å². The predicted octanol–water partition coefficient (Wildman–Crippen LogP) is 3.81. The fraction of sp³-hybridized carbons (Fsp3) is 0.643. The van der Waals surface area contributed by atoms with Crippen molar-refractivity contribution in [2.75, 3.05) is 6.54 Å². The number of alkyl carbamates (subject to hydrolysis) is 1. The van der Waals surface area contributed by atoms with Crippen LogP contribution in [0.25, 0.3) is 0 Å². The largest absolute Gasteiger partial charge is 0.447 e. The molecule has 98 valence electrons. The third kappa shape index (κ3) is 11.0. The van der Waals surface area contributed by atoms with Crippen molar-refractivity contribution in [3.63, 3.8) is 0 Å². The van der Waals surface area contributed by atoms with Crippen LogP contribution < -0.4 is 5.32 Å². The summed E-state index contributed by atoms with van der Waals surface area (Å²) in [5, 5.41) is 2.69. The topological polar surface area (TPSA) is 38.3 Å². The van der Waals surface area contributed by atoms with Gasteiger partial charge in [-0.2, -0.15) is 0 Å². The average molecular weight is 239 g/mol. The second-order valence-corrected chi connectivity index (χ2v) is 4.71. The van der Waals surface area contributed by atoms with Gasteiger partial charge in [-0.1, -0.05) is 23.3 Å². The molecule has 0 spiro atoms. The maximum atomic E-state index is 11.2. The Morgan fingerprint density at radius 1 is 1.24 bits per heavy atom. The summed E-state index contributed by atoms with van der Waals surface area (Å²) in [6.07, 6.45) is 5.91. The Bertz CT molecular complexity index is 287. The van der Waals surface area contributed by atoms with Crippen molar-refractivity contribution in [1.82, 2.24) is 5.32 Å². The quantitative estimate of drug-likeness (QED) is 0.716. The van der Waals surface area contributed by atoms with Crippen LogP contribution in [0.15, 0.2) is 23.3 Å². The lowest BCUT2D eigenvalue weighted by Gasteiger charge is -2.08. The molecule has 0 aliphatic rings. The number of carbonyl (C=O) groups is 1. The minimum atomic E-state index is -0.353. The number of hydrogen-bond acceptors (Lipinski definition) is 2. The van der Waals surface area contributed by atoms with Gasteiger partial charge in [-0.3, -0.25) is 0 Å². The molecule has 17 heavy (non-hydrogen) atoms. The first-order valence-electron chi connectivity index (χ1n) is 6.15. The Kier molecular flexibility index (Phi) is 8.20. The van der Waals surface area contributed by atoms with E-state index in [0.717, 1.165) is 12.8 Å². The second-order valence-electron chi connectivity index (χ2n) is 4.71. The number of rotatable bonds is 6. The van der Waals surface area contributed by atoms with E-state index in [2.05, 4.69) is 32.2 Å². The van der Waals surface area contributed by atoms with Crippen LogP contribution in [0.3, 0.4) is 0 Å². The summed E-state index contributed by atoms with van der Waals surface area (Å²) in [6.45, 7) is 10.5. The monoisotopic (exact) mass is 239 g/mol. The van der Waals surface area contributed by atoms with E-state index in [0.29, 0.717) is 6.54 Å². The summed E-state index contributed by atoms with van der Waals surface area (Å²) in [5.41, 5.74) is 2.63. The minimum Gasteiger partial charge on any atom is -0.447 e. The Hall–Kier alpha value is -1.25. The van der Waals surface area contributed by atoms with Crippen molar-refractivity contribution in [3.05, 3.63) is 23.3 Å². The molecule has 0 aromatic rings. The first kappa shape index (κ1) is 15.8. The van der Waals surface area contributed by atoms with Gasteiger partial charge in [-0.25, -0.2) is 4.79 Å². The molecular formula is C14H25NO2. The van der Waals surface area contributed by atoms with Crippen molar-refractivity contribution in [2.24, 2.45) is 0 Å². The molecule has 0 aromatic carbocycles. The summed E-state index contributed by atoms with van der Waals surface area (Å²) in [7, 11) is 0. The molecular weight excluding hydrogens is 214 g/mol. The number of ether oxygens (including phenoxy) is 1. The van der Waals surface area contributed by atoms with Crippen LogP contribution in [0.5, 0.6) is 0 Å². The van der Waals surface area contributed by atoms with Crippen molar-refractivity contribution >= 4 is 6.09 Å². The molecule has 0 radical (unpaired) electrons. The zero-order valence-corrected chi connectivity index (χ0v) is 11.7. The number of nitrogens with one attached hydrogen (secondary N) is 1. The summed E-state index contributed by atoms with van der Waals surface area (Å²) < 4.78 is 4.96. The van der Waals surface area contributed by atoms with E-state index in [1.165, 1.54) is 11.1 Å². The molecule has 0 aliphatic heterocycles. The molecule has 0 saturated heterocycles. The van der Waals surface area contributed by atoms with E-state index >= 15 is 0 Å². The summed E-state index contributed by atoms with van der Waals surface area (Å²) in [6, 6.07) is 0. The van der Waals surface area contributed by atoms with Crippen molar-refractivity contribution < 1.29 is 9.53 Å². The highest BCUT2D eigenvalue weighted by Crippen LogP contribution is 2.05. The van der Waals surface area contributed by atoms with Gasteiger partial charge in [-0.05, 0) is 47.5 Å². The maximum absolute atomic E-state index is 11.2. The lowest BCUT2D eigenvalue weighted by Crippen LogP contribution is -2.26. The molecule has 0 heterocycles. The van der Waals surface area contributed by atoms with E-state index in [1.54, 1.807) is 0 Å². The van der Waals surface area contributed by atoms with E-state index < -0.39 is 0 Å². The van der Waals surface area contributed by atoms with Crippen LogP contribution in [0.2, 0.25) is 0 Å². The van der Waals surface area contributed by atoms with E-state index in [1.807, 2.05) is 19.9 Å². The van der Waals surface area contributed by atoms with Gasteiger partial charge in [0.1, 0.15) is 0 Å². The highest BCUT2D eigenvalue weighted by molar-refractivity contribution is 5.67. The van der Waals surface area contributed by atoms with E-state index in [-0.39, 0.29) is 12.2 Å². The molecule has 0 rings (SSSR count). The number of amides is 1. The molecule has 1 N–H and O–H groups in total. The fourth-order valence-corrected chi connectivity index (χ4v) is 1.25. The summed E-state index contributed by atoms with van der Waals surface area (Å²) in [5.74, 6) is 0. The highest BCUT2D eigenvalue weighted by atomic mass is 16.6. The van der Waals surface area contributed by atoms with Gasteiger partial charge in [-0.15, -0.1) is 0 Å². The molecule has 1 amide bonds. The standard InChI is InChI=1S/C14H25NO2/c1-11(2)7-6-8-13(5)9-10-15-14(16)17-12(3)4/h7,9,12H,6,8,10H2,1-5H3,(H,15,16). The highest BCUT2D eigenvalue weighted by Gasteiger charge is 2.01. The normalized spacial score (nSPS) is 11.3. The third-order valence-corrected chi connectivity index (χ3v) is 2.13.